The number of para-hydroxylation sites is 1. The van der Waals surface area contributed by atoms with Gasteiger partial charge in [-0.25, -0.2) is 22.2 Å². The number of aromatic nitrogens is 5. The molecule has 4 heterocycles. The number of alkyl halides is 5. The van der Waals surface area contributed by atoms with Crippen LogP contribution >= 0.6 is 0 Å². The number of pyridine rings is 1. The van der Waals surface area contributed by atoms with Crippen LogP contribution in [0, 0.1) is 35.3 Å². The monoisotopic (exact) mass is 843 g/mol. The average molecular weight is 844 g/mol. The summed E-state index contributed by atoms with van der Waals surface area (Å²) < 4.78 is 137. The van der Waals surface area contributed by atoms with E-state index in [9.17, 15) is 35.2 Å². The van der Waals surface area contributed by atoms with Crippen molar-refractivity contribution < 1.29 is 48.7 Å². The van der Waals surface area contributed by atoms with Gasteiger partial charge in [0.05, 0.1) is 23.5 Å². The third-order valence-corrected chi connectivity index (χ3v) is 11.6. The Labute approximate surface area is 333 Å². The zero-order valence-electron chi connectivity index (χ0n) is 31.5. The first-order valence-corrected chi connectivity index (χ1v) is 20.6. The van der Waals surface area contributed by atoms with Gasteiger partial charge in [0.1, 0.15) is 29.6 Å². The van der Waals surface area contributed by atoms with E-state index in [1.165, 1.54) is 4.68 Å². The zero-order valence-corrected chi connectivity index (χ0v) is 32.3. The quantitative estimate of drug-likeness (QED) is 0.121. The Balaban J connectivity index is 1.26. The minimum atomic E-state index is -5.06. The number of nitrogens with zero attached hydrogens (tertiary/aromatic N) is 5. The van der Waals surface area contributed by atoms with Crippen molar-refractivity contribution in [3.63, 3.8) is 0 Å². The number of carbonyl (C=O) groups is 1. The summed E-state index contributed by atoms with van der Waals surface area (Å²) in [5.74, 6) is -2.69. The molecule has 1 saturated heterocycles. The molecule has 19 heteroatoms. The van der Waals surface area contributed by atoms with Crippen molar-refractivity contribution in [3.05, 3.63) is 94.1 Å². The third kappa shape index (κ3) is 7.87. The number of hydrogen-bond acceptors (Lipinski definition) is 7. The molecule has 2 aliphatic carbocycles. The fraction of sp³-hybridized carbons (Fsp3) is 0.400. The van der Waals surface area contributed by atoms with Crippen molar-refractivity contribution in [3.8, 4) is 23.0 Å². The van der Waals surface area contributed by atoms with Crippen LogP contribution in [0.5, 0.6) is 0 Å². The van der Waals surface area contributed by atoms with E-state index in [2.05, 4.69) is 32.1 Å². The molecular weight excluding hydrogens is 808 g/mol. The normalized spacial score (nSPS) is 19.3. The molecule has 2 N–H and O–H groups in total. The molecule has 1 aliphatic heterocycles. The molecule has 0 unspecified atom stereocenters. The lowest BCUT2D eigenvalue weighted by Crippen LogP contribution is -2.36. The SMILES string of the molecule is Cn1nc(NS(C)(=O)=O)c2cccc(-c3ccc(C#CC4CCOCC4)nc3[C@H](Cc3cc(F)cc(F)c3)NC(=O)Cn3nc(C(F)(F)F)c4c3C(F)(F)[C@@H]3CC[C@H]43)c21. The van der Waals surface area contributed by atoms with E-state index < -0.39 is 81.0 Å². The summed E-state index contributed by atoms with van der Waals surface area (Å²) in [5.41, 5.74) is -1.43. The first-order chi connectivity index (χ1) is 27.9. The Morgan fingerprint density at radius 2 is 1.75 bits per heavy atom. The fourth-order valence-corrected chi connectivity index (χ4v) is 8.88. The van der Waals surface area contributed by atoms with Crippen molar-refractivity contribution in [1.82, 2.24) is 29.9 Å². The minimum absolute atomic E-state index is 0.00541. The van der Waals surface area contributed by atoms with Gasteiger partial charge in [-0.05, 0) is 79.8 Å². The smallest absolute Gasteiger partial charge is 0.381 e. The lowest BCUT2D eigenvalue weighted by Gasteiger charge is -2.34. The molecule has 0 radical (unpaired) electrons. The highest BCUT2D eigenvalue weighted by molar-refractivity contribution is 7.92. The number of sulfonamides is 1. The predicted octanol–water partition coefficient (Wildman–Crippen LogP) is 6.98. The van der Waals surface area contributed by atoms with Gasteiger partial charge in [-0.15, -0.1) is 0 Å². The molecule has 5 aromatic rings. The maximum atomic E-state index is 15.7. The highest BCUT2D eigenvalue weighted by Gasteiger charge is 2.63. The van der Waals surface area contributed by atoms with Crippen LogP contribution in [0.2, 0.25) is 0 Å². The molecular formula is C40H36F7N7O4S. The van der Waals surface area contributed by atoms with Gasteiger partial charge in [0.2, 0.25) is 15.9 Å². The predicted molar refractivity (Wildman–Crippen MR) is 200 cm³/mol. The van der Waals surface area contributed by atoms with Crippen LogP contribution in [0.3, 0.4) is 0 Å². The van der Waals surface area contributed by atoms with Crippen LogP contribution in [0.4, 0.5) is 36.6 Å². The molecule has 2 fully saturated rings. The Bertz CT molecular complexity index is 2640. The summed E-state index contributed by atoms with van der Waals surface area (Å²) in [7, 11) is -2.19. The second kappa shape index (κ2) is 15.0. The Hall–Kier alpha value is -5.48. The van der Waals surface area contributed by atoms with Gasteiger partial charge >= 0.3 is 6.18 Å². The fourth-order valence-electron chi connectivity index (χ4n) is 8.38. The molecule has 11 nitrogen and oxygen atoms in total. The maximum absolute atomic E-state index is 15.7. The van der Waals surface area contributed by atoms with Crippen molar-refractivity contribution in [2.75, 3.05) is 24.2 Å². The number of anilines is 1. The third-order valence-electron chi connectivity index (χ3n) is 11.0. The highest BCUT2D eigenvalue weighted by atomic mass is 32.2. The Morgan fingerprint density at radius 1 is 1.02 bits per heavy atom. The molecule has 0 bridgehead atoms. The molecule has 3 aromatic heterocycles. The van der Waals surface area contributed by atoms with Crippen molar-refractivity contribution >= 4 is 32.7 Å². The lowest BCUT2D eigenvalue weighted by atomic mass is 9.73. The van der Waals surface area contributed by atoms with Crippen LogP contribution in [-0.4, -0.2) is 58.3 Å². The average Bonchev–Trinajstić information content (AvgIpc) is 3.70. The number of hydrogen-bond donors (Lipinski definition) is 2. The van der Waals surface area contributed by atoms with Crippen molar-refractivity contribution in [2.45, 2.75) is 62.7 Å². The topological polar surface area (TPSA) is 133 Å². The number of nitrogens with one attached hydrogen (secondary N) is 2. The van der Waals surface area contributed by atoms with E-state index >= 15 is 8.78 Å². The number of rotatable bonds is 9. The molecule has 3 aliphatic rings. The molecule has 0 spiro atoms. The van der Waals surface area contributed by atoms with Gasteiger partial charge in [0, 0.05) is 60.2 Å². The number of benzene rings is 2. The molecule has 3 atom stereocenters. The summed E-state index contributed by atoms with van der Waals surface area (Å²) >= 11 is 0. The van der Waals surface area contributed by atoms with E-state index in [4.69, 9.17) is 9.72 Å². The second-order valence-corrected chi connectivity index (χ2v) is 16.9. The number of ether oxygens (including phenoxy) is 1. The first-order valence-electron chi connectivity index (χ1n) is 18.7. The number of amides is 1. The summed E-state index contributed by atoms with van der Waals surface area (Å²) in [4.78, 5) is 18.9. The molecule has 59 heavy (non-hydrogen) atoms. The largest absolute Gasteiger partial charge is 0.435 e. The van der Waals surface area contributed by atoms with Gasteiger partial charge in [-0.1, -0.05) is 18.1 Å². The van der Waals surface area contributed by atoms with Gasteiger partial charge in [-0.2, -0.15) is 32.1 Å². The maximum Gasteiger partial charge on any atom is 0.435 e. The van der Waals surface area contributed by atoms with E-state index in [-0.39, 0.29) is 47.9 Å². The van der Waals surface area contributed by atoms with Gasteiger partial charge in [0.15, 0.2) is 11.5 Å². The van der Waals surface area contributed by atoms with Gasteiger partial charge in [-0.3, -0.25) is 18.9 Å². The van der Waals surface area contributed by atoms with Crippen molar-refractivity contribution in [1.29, 1.82) is 0 Å². The molecule has 8 rings (SSSR count). The van der Waals surface area contributed by atoms with Crippen LogP contribution < -0.4 is 10.0 Å². The summed E-state index contributed by atoms with van der Waals surface area (Å²) in [5, 5.41) is 11.0. The van der Waals surface area contributed by atoms with Gasteiger partial charge in [0.25, 0.3) is 5.92 Å². The van der Waals surface area contributed by atoms with E-state index in [1.54, 1.807) is 37.4 Å². The van der Waals surface area contributed by atoms with Gasteiger partial charge < -0.3 is 10.1 Å². The highest BCUT2D eigenvalue weighted by Crippen LogP contribution is 2.64. The number of aryl methyl sites for hydroxylation is 1. The Kier molecular flexibility index (Phi) is 10.2. The van der Waals surface area contributed by atoms with Crippen LogP contribution in [0.15, 0.2) is 48.5 Å². The lowest BCUT2D eigenvalue weighted by molar-refractivity contribution is -0.144. The standard InChI is InChI=1S/C40H36F7N7O4S/c1-53-35-27(4-3-5-29(35)38(51-53)52-59(2,56)57)26-9-8-25(7-6-21-12-14-58-15-13-21)48-34(26)31(18-22-16-23(41)19-24(42)17-22)49-32(55)20-54-37-33(36(50-54)40(45,46)47)28-10-11-30(28)39(37,43)44/h3-5,8-9,16-17,19,21,28,30-31H,10-15,18,20H2,1-2H3,(H,49,55)(H,51,52)/t28-,30+,31-/m0/s1. The summed E-state index contributed by atoms with van der Waals surface area (Å²) in [6.07, 6.45) is -2.92. The summed E-state index contributed by atoms with van der Waals surface area (Å²) in [6, 6.07) is 9.65. The molecule has 1 amide bonds. The van der Waals surface area contributed by atoms with Crippen molar-refractivity contribution in [2.24, 2.45) is 18.9 Å². The first kappa shape index (κ1) is 40.3. The number of fused-ring (bicyclic) bond motifs is 4. The zero-order chi connectivity index (χ0) is 42.0. The molecule has 1 saturated carbocycles. The van der Waals surface area contributed by atoms with Crippen LogP contribution in [-0.2, 0) is 51.7 Å². The van der Waals surface area contributed by atoms with E-state index in [1.807, 2.05) is 0 Å². The molecule has 2 aromatic carbocycles. The minimum Gasteiger partial charge on any atom is -0.381 e. The second-order valence-electron chi connectivity index (χ2n) is 15.1. The van der Waals surface area contributed by atoms with Crippen LogP contribution in [0.25, 0.3) is 22.0 Å². The number of halogens is 7. The summed E-state index contributed by atoms with van der Waals surface area (Å²) in [6.45, 7) is 0.00645. The van der Waals surface area contributed by atoms with E-state index in [0.29, 0.717) is 58.8 Å². The number of carbonyl (C=O) groups excluding carboxylic acids is 1. The Morgan fingerprint density at radius 3 is 2.41 bits per heavy atom. The van der Waals surface area contributed by atoms with Crippen LogP contribution in [0.1, 0.15) is 71.5 Å². The van der Waals surface area contributed by atoms with E-state index in [0.717, 1.165) is 18.4 Å². The molecule has 310 valence electrons.